The van der Waals surface area contributed by atoms with E-state index >= 15 is 0 Å². The van der Waals surface area contributed by atoms with Crippen LogP contribution in [0.4, 0.5) is 4.79 Å². The van der Waals surface area contributed by atoms with Gasteiger partial charge in [-0.3, -0.25) is 9.59 Å². The molecule has 2 aliphatic rings. The monoisotopic (exact) mass is 478 g/mol. The fourth-order valence-electron chi connectivity index (χ4n) is 5.06. The van der Waals surface area contributed by atoms with Crippen LogP contribution in [0.5, 0.6) is 0 Å². The molecule has 0 aromatic heterocycles. The van der Waals surface area contributed by atoms with Crippen LogP contribution in [0, 0.1) is 11.3 Å². The minimum absolute atomic E-state index is 0.0427. The van der Waals surface area contributed by atoms with E-state index in [1.807, 2.05) is 45.0 Å². The molecule has 0 unspecified atom stereocenters. The SMILES string of the molecule is CC(C)(C)[C@H](NC(=O)OCC1c2ccccc2-c2ccccc21)C(=O)N1CC(CCCC(=O)O)C1. The summed E-state index contributed by atoms with van der Waals surface area (Å²) in [5, 5.41) is 11.6. The number of ether oxygens (including phenoxy) is 1. The lowest BCUT2D eigenvalue weighted by Gasteiger charge is -2.43. The topological polar surface area (TPSA) is 95.9 Å². The van der Waals surface area contributed by atoms with Gasteiger partial charge in [-0.15, -0.1) is 0 Å². The first-order valence-electron chi connectivity index (χ1n) is 12.3. The Morgan fingerprint density at radius 2 is 1.60 bits per heavy atom. The van der Waals surface area contributed by atoms with E-state index in [4.69, 9.17) is 9.84 Å². The van der Waals surface area contributed by atoms with Gasteiger partial charge >= 0.3 is 12.1 Å². The van der Waals surface area contributed by atoms with Gasteiger partial charge in [-0.25, -0.2) is 4.79 Å². The molecular weight excluding hydrogens is 444 g/mol. The van der Waals surface area contributed by atoms with Gasteiger partial charge in [0.15, 0.2) is 0 Å². The molecule has 1 fully saturated rings. The molecule has 35 heavy (non-hydrogen) atoms. The Bertz CT molecular complexity index is 1060. The van der Waals surface area contributed by atoms with Crippen LogP contribution in [0.2, 0.25) is 0 Å². The molecule has 0 saturated carbocycles. The number of nitrogens with one attached hydrogen (secondary N) is 1. The van der Waals surface area contributed by atoms with E-state index in [-0.39, 0.29) is 24.9 Å². The zero-order valence-corrected chi connectivity index (χ0v) is 20.6. The summed E-state index contributed by atoms with van der Waals surface area (Å²) < 4.78 is 5.67. The summed E-state index contributed by atoms with van der Waals surface area (Å²) >= 11 is 0. The van der Waals surface area contributed by atoms with Gasteiger partial charge < -0.3 is 20.1 Å². The van der Waals surface area contributed by atoms with Crippen molar-refractivity contribution in [2.45, 2.75) is 52.0 Å². The molecule has 2 aromatic carbocycles. The minimum Gasteiger partial charge on any atom is -0.481 e. The van der Waals surface area contributed by atoms with Gasteiger partial charge in [0.1, 0.15) is 12.6 Å². The Balaban J connectivity index is 1.35. The summed E-state index contributed by atoms with van der Waals surface area (Å²) in [5.74, 6) is -0.648. The quantitative estimate of drug-likeness (QED) is 0.576. The Kier molecular flexibility index (Phi) is 7.15. The zero-order valence-electron chi connectivity index (χ0n) is 20.6. The lowest BCUT2D eigenvalue weighted by atomic mass is 9.84. The van der Waals surface area contributed by atoms with Gasteiger partial charge in [-0.2, -0.15) is 0 Å². The van der Waals surface area contributed by atoms with Gasteiger partial charge in [0, 0.05) is 25.4 Å². The van der Waals surface area contributed by atoms with E-state index in [1.165, 1.54) is 0 Å². The van der Waals surface area contributed by atoms with Crippen LogP contribution in [0.25, 0.3) is 11.1 Å². The summed E-state index contributed by atoms with van der Waals surface area (Å²) in [6.07, 6.45) is 0.954. The number of fused-ring (bicyclic) bond motifs is 3. The van der Waals surface area contributed by atoms with Crippen LogP contribution in [0.15, 0.2) is 48.5 Å². The fraction of sp³-hybridized carbons (Fsp3) is 0.464. The number of nitrogens with zero attached hydrogens (tertiary/aromatic N) is 1. The number of carboxylic acids is 1. The number of carbonyl (C=O) groups is 3. The van der Waals surface area contributed by atoms with Crippen LogP contribution >= 0.6 is 0 Å². The van der Waals surface area contributed by atoms with Crippen molar-refractivity contribution in [1.82, 2.24) is 10.2 Å². The predicted octanol–water partition coefficient (Wildman–Crippen LogP) is 4.65. The van der Waals surface area contributed by atoms with Gasteiger partial charge in [-0.05, 0) is 46.4 Å². The second kappa shape index (κ2) is 10.1. The van der Waals surface area contributed by atoms with Crippen molar-refractivity contribution in [2.75, 3.05) is 19.7 Å². The maximum Gasteiger partial charge on any atom is 0.407 e. The molecule has 186 valence electrons. The number of rotatable bonds is 8. The maximum absolute atomic E-state index is 13.2. The molecule has 0 radical (unpaired) electrons. The van der Waals surface area contributed by atoms with E-state index in [9.17, 15) is 14.4 Å². The number of alkyl carbamates (subject to hydrolysis) is 1. The highest BCUT2D eigenvalue weighted by Crippen LogP contribution is 2.44. The van der Waals surface area contributed by atoms with Crippen molar-refractivity contribution in [3.8, 4) is 11.1 Å². The van der Waals surface area contributed by atoms with Crippen molar-refractivity contribution in [3.63, 3.8) is 0 Å². The highest BCUT2D eigenvalue weighted by atomic mass is 16.5. The average Bonchev–Trinajstić information content (AvgIpc) is 3.10. The Morgan fingerprint density at radius 1 is 1.03 bits per heavy atom. The maximum atomic E-state index is 13.2. The van der Waals surface area contributed by atoms with Gasteiger partial charge in [-0.1, -0.05) is 69.3 Å². The summed E-state index contributed by atoms with van der Waals surface area (Å²) in [4.78, 5) is 38.5. The summed E-state index contributed by atoms with van der Waals surface area (Å²) in [6.45, 7) is 7.14. The first kappa shape index (κ1) is 24.8. The molecule has 0 spiro atoms. The van der Waals surface area contributed by atoms with Crippen molar-refractivity contribution < 1.29 is 24.2 Å². The molecule has 7 nitrogen and oxygen atoms in total. The number of amides is 2. The third-order valence-corrected chi connectivity index (χ3v) is 6.99. The van der Waals surface area contributed by atoms with Crippen molar-refractivity contribution in [3.05, 3.63) is 59.7 Å². The van der Waals surface area contributed by atoms with Crippen LogP contribution in [-0.2, 0) is 14.3 Å². The second-order valence-corrected chi connectivity index (χ2v) is 10.7. The molecule has 2 amide bonds. The highest BCUT2D eigenvalue weighted by molar-refractivity contribution is 5.87. The van der Waals surface area contributed by atoms with Crippen LogP contribution in [0.3, 0.4) is 0 Å². The van der Waals surface area contributed by atoms with Crippen LogP contribution in [-0.4, -0.2) is 53.7 Å². The number of benzene rings is 2. The first-order valence-corrected chi connectivity index (χ1v) is 12.3. The molecule has 2 aromatic rings. The van der Waals surface area contributed by atoms with Crippen molar-refractivity contribution in [2.24, 2.45) is 11.3 Å². The van der Waals surface area contributed by atoms with E-state index < -0.39 is 23.5 Å². The molecular formula is C28H34N2O5. The number of carbonyl (C=O) groups excluding carboxylic acids is 2. The lowest BCUT2D eigenvalue weighted by Crippen LogP contribution is -2.60. The smallest absolute Gasteiger partial charge is 0.407 e. The van der Waals surface area contributed by atoms with Crippen molar-refractivity contribution in [1.29, 1.82) is 0 Å². The predicted molar refractivity (Wildman–Crippen MR) is 133 cm³/mol. The first-order chi connectivity index (χ1) is 16.6. The van der Waals surface area contributed by atoms with E-state index in [0.717, 1.165) is 28.7 Å². The number of carboxylic acid groups (broad SMARTS) is 1. The third-order valence-electron chi connectivity index (χ3n) is 6.99. The summed E-state index contributed by atoms with van der Waals surface area (Å²) in [7, 11) is 0. The molecule has 4 rings (SSSR count). The van der Waals surface area contributed by atoms with Gasteiger partial charge in [0.2, 0.25) is 5.91 Å². The third kappa shape index (κ3) is 5.50. The largest absolute Gasteiger partial charge is 0.481 e. The standard InChI is InChI=1S/C28H34N2O5/c1-28(2,3)25(26(33)30-15-18(16-30)9-8-14-24(31)32)29-27(34)35-17-23-21-12-6-4-10-19(21)20-11-5-7-13-22(20)23/h4-7,10-13,18,23,25H,8-9,14-17H2,1-3H3,(H,29,34)(H,31,32)/t25-/m1/s1. The number of aliphatic carboxylic acids is 1. The minimum atomic E-state index is -0.794. The summed E-state index contributed by atoms with van der Waals surface area (Å²) in [5.41, 5.74) is 4.11. The van der Waals surface area contributed by atoms with Gasteiger partial charge in [0.05, 0.1) is 0 Å². The highest BCUT2D eigenvalue weighted by Gasteiger charge is 2.40. The average molecular weight is 479 g/mol. The molecule has 1 aliphatic heterocycles. The lowest BCUT2D eigenvalue weighted by molar-refractivity contribution is -0.143. The normalized spacial score (nSPS) is 16.1. The van der Waals surface area contributed by atoms with Crippen molar-refractivity contribution >= 4 is 18.0 Å². The molecule has 1 heterocycles. The zero-order chi connectivity index (χ0) is 25.2. The Morgan fingerprint density at radius 3 is 2.14 bits per heavy atom. The molecule has 1 atom stereocenters. The second-order valence-electron chi connectivity index (χ2n) is 10.7. The number of likely N-dealkylation sites (tertiary alicyclic amines) is 1. The van der Waals surface area contributed by atoms with E-state index in [0.29, 0.717) is 25.4 Å². The van der Waals surface area contributed by atoms with E-state index in [2.05, 4.69) is 29.6 Å². The Labute approximate surface area is 206 Å². The van der Waals surface area contributed by atoms with Gasteiger partial charge in [0.25, 0.3) is 0 Å². The molecule has 7 heteroatoms. The van der Waals surface area contributed by atoms with E-state index in [1.54, 1.807) is 4.90 Å². The number of hydrogen-bond acceptors (Lipinski definition) is 4. The van der Waals surface area contributed by atoms with Crippen LogP contribution in [0.1, 0.15) is 57.1 Å². The molecule has 0 bridgehead atoms. The molecule has 1 saturated heterocycles. The molecule has 2 N–H and O–H groups in total. The van der Waals surface area contributed by atoms with Crippen LogP contribution < -0.4 is 5.32 Å². The summed E-state index contributed by atoms with van der Waals surface area (Å²) in [6, 6.07) is 15.6. The number of hydrogen-bond donors (Lipinski definition) is 2. The fourth-order valence-corrected chi connectivity index (χ4v) is 5.06. The molecule has 1 aliphatic carbocycles. The Hall–Kier alpha value is -3.35.